The van der Waals surface area contributed by atoms with Gasteiger partial charge in [-0.1, -0.05) is 60.1 Å². The van der Waals surface area contributed by atoms with Gasteiger partial charge < -0.3 is 119 Å². The Kier molecular flexibility index (Phi) is 17.5. The Hall–Kier alpha value is -1.71. The molecule has 470 valence electrons. The van der Waals surface area contributed by atoms with E-state index in [1.165, 1.54) is 12.5 Å². The summed E-state index contributed by atoms with van der Waals surface area (Å²) < 4.78 is 60.2. The fourth-order valence-electron chi connectivity index (χ4n) is 17.3. The molecule has 10 rings (SSSR count). The van der Waals surface area contributed by atoms with E-state index >= 15 is 4.79 Å². The van der Waals surface area contributed by atoms with Crippen LogP contribution in [0.5, 0.6) is 0 Å². The topological polar surface area (TPSA) is 393 Å². The third kappa shape index (κ3) is 10.3. The van der Waals surface area contributed by atoms with E-state index in [1.54, 1.807) is 0 Å². The highest BCUT2D eigenvalue weighted by molar-refractivity contribution is 5.79. The maximum absolute atomic E-state index is 15.6. The van der Waals surface area contributed by atoms with Crippen molar-refractivity contribution < 1.29 is 124 Å². The van der Waals surface area contributed by atoms with Crippen molar-refractivity contribution in [3.05, 3.63) is 11.6 Å². The van der Waals surface area contributed by atoms with Crippen molar-refractivity contribution in [2.24, 2.45) is 50.2 Å². The Bertz CT molecular complexity index is 2310. The molecule has 5 heterocycles. The van der Waals surface area contributed by atoms with Crippen molar-refractivity contribution >= 4 is 5.97 Å². The van der Waals surface area contributed by atoms with Gasteiger partial charge in [-0.3, -0.25) is 4.79 Å². The monoisotopic (exact) mass is 1180 g/mol. The average Bonchev–Trinajstić information content (AvgIpc) is 1.27. The number of rotatable bonds is 12. The number of hydrogen-bond donors (Lipinski definition) is 14. The molecule has 0 amide bonds. The first-order chi connectivity index (χ1) is 38.3. The van der Waals surface area contributed by atoms with E-state index in [9.17, 15) is 71.5 Å². The molecule has 14 N–H and O–H groups in total. The third-order valence-corrected chi connectivity index (χ3v) is 22.4. The second-order valence-electron chi connectivity index (χ2n) is 28.0. The van der Waals surface area contributed by atoms with Crippen LogP contribution in [0.25, 0.3) is 0 Å². The van der Waals surface area contributed by atoms with E-state index in [4.69, 9.17) is 47.4 Å². The molecule has 0 aromatic heterocycles. The highest BCUT2D eigenvalue weighted by Crippen LogP contribution is 2.76. The lowest BCUT2D eigenvalue weighted by Gasteiger charge is -2.71. The lowest BCUT2D eigenvalue weighted by molar-refractivity contribution is -0.373. The van der Waals surface area contributed by atoms with Gasteiger partial charge in [-0.2, -0.15) is 0 Å². The molecule has 82 heavy (non-hydrogen) atoms. The molecule has 30 atom stereocenters. The molecule has 5 aliphatic heterocycles. The van der Waals surface area contributed by atoms with Gasteiger partial charge in [0.15, 0.2) is 31.3 Å². The van der Waals surface area contributed by atoms with Gasteiger partial charge in [-0.05, 0) is 110 Å². The maximum Gasteiger partial charge on any atom is 0.315 e. The van der Waals surface area contributed by atoms with Gasteiger partial charge in [0.1, 0.15) is 85.0 Å². The first kappa shape index (κ1) is 63.3. The van der Waals surface area contributed by atoms with Crippen LogP contribution in [0.2, 0.25) is 0 Å². The number of fused-ring (bicyclic) bond motifs is 7. The third-order valence-electron chi connectivity index (χ3n) is 22.4. The Morgan fingerprint density at radius 1 is 0.610 bits per heavy atom. The smallest absolute Gasteiger partial charge is 0.315 e. The molecule has 0 bridgehead atoms. The van der Waals surface area contributed by atoms with Crippen molar-refractivity contribution in [3.8, 4) is 0 Å². The van der Waals surface area contributed by atoms with E-state index < -0.39 is 201 Å². The molecule has 4 saturated carbocycles. The summed E-state index contributed by atoms with van der Waals surface area (Å²) in [7, 11) is 0. The van der Waals surface area contributed by atoms with Crippen LogP contribution >= 0.6 is 0 Å². The predicted molar refractivity (Wildman–Crippen MR) is 277 cm³/mol. The molecule has 9 fully saturated rings. The zero-order valence-corrected chi connectivity index (χ0v) is 48.2. The second-order valence-corrected chi connectivity index (χ2v) is 28.0. The Labute approximate surface area is 477 Å². The first-order valence-corrected chi connectivity index (χ1v) is 29.4. The highest BCUT2D eigenvalue weighted by Gasteiger charge is 2.71. The predicted octanol–water partition coefficient (Wildman–Crippen LogP) is -2.29. The zero-order chi connectivity index (χ0) is 59.8. The lowest BCUT2D eigenvalue weighted by atomic mass is 9.33. The minimum absolute atomic E-state index is 0.0162. The van der Waals surface area contributed by atoms with Gasteiger partial charge in [0.25, 0.3) is 0 Å². The van der Waals surface area contributed by atoms with Crippen LogP contribution in [0.1, 0.15) is 113 Å². The Balaban J connectivity index is 0.907. The van der Waals surface area contributed by atoms with Crippen LogP contribution in [0, 0.1) is 50.2 Å². The van der Waals surface area contributed by atoms with Crippen LogP contribution in [0.15, 0.2) is 11.6 Å². The van der Waals surface area contributed by atoms with Crippen molar-refractivity contribution in [3.63, 3.8) is 0 Å². The fourth-order valence-corrected chi connectivity index (χ4v) is 17.3. The number of carbonyl (C=O) groups is 1. The minimum atomic E-state index is -2.17. The van der Waals surface area contributed by atoms with Crippen molar-refractivity contribution in [2.75, 3.05) is 33.0 Å². The molecule has 5 aliphatic carbocycles. The number of allylic oxidation sites excluding steroid dienone is 2. The van der Waals surface area contributed by atoms with E-state index in [1.807, 2.05) is 0 Å². The molecule has 25 nitrogen and oxygen atoms in total. The Morgan fingerprint density at radius 2 is 1.23 bits per heavy atom. The van der Waals surface area contributed by atoms with Gasteiger partial charge in [-0.25, -0.2) is 0 Å². The largest absolute Gasteiger partial charge is 0.432 e. The number of carbonyl (C=O) groups excluding carboxylic acids is 1. The summed E-state index contributed by atoms with van der Waals surface area (Å²) in [5, 5.41) is 152. The molecule has 0 aromatic carbocycles. The van der Waals surface area contributed by atoms with Crippen LogP contribution < -0.4 is 0 Å². The molecule has 0 aromatic rings. The van der Waals surface area contributed by atoms with Gasteiger partial charge >= 0.3 is 5.97 Å². The van der Waals surface area contributed by atoms with Gasteiger partial charge in [0, 0.05) is 0 Å². The minimum Gasteiger partial charge on any atom is -0.432 e. The molecule has 10 aliphatic rings. The lowest BCUT2D eigenvalue weighted by Crippen LogP contribution is -2.68. The van der Waals surface area contributed by atoms with Crippen LogP contribution in [-0.2, 0) is 52.2 Å². The number of esters is 1. The molecule has 0 spiro atoms. The summed E-state index contributed by atoms with van der Waals surface area (Å²) in [4.78, 5) is 15.6. The quantitative estimate of drug-likeness (QED) is 0.0555. The number of aliphatic hydroxyl groups is 14. The summed E-state index contributed by atoms with van der Waals surface area (Å²) in [5.41, 5.74) is -4.16. The highest BCUT2D eigenvalue weighted by atomic mass is 16.8. The van der Waals surface area contributed by atoms with Gasteiger partial charge in [0.2, 0.25) is 6.29 Å². The molecule has 25 heteroatoms. The van der Waals surface area contributed by atoms with E-state index in [-0.39, 0.29) is 28.6 Å². The van der Waals surface area contributed by atoms with Crippen LogP contribution in [0.4, 0.5) is 0 Å². The van der Waals surface area contributed by atoms with Gasteiger partial charge in [0.05, 0.1) is 56.8 Å². The summed E-state index contributed by atoms with van der Waals surface area (Å²) in [6, 6.07) is 0. The molecule has 5 saturated heterocycles. The second kappa shape index (κ2) is 22.7. The SMILES string of the molecule is C[C@@H]1O[C@@H](O[C@H]2[C@H](O[C@@H]3OC[C@](O)(CO)[C@H]3O)[C@H](OC(=O)[C@]34CCC(C)(C)C[C@H]3C3=CC[C@@H]5[C@@]6(C)C[C@H](O)[C@H](O[C@@H]7O[C@H](CO)[C@@H](O)[C@H](O)[C@H]7O)C(C)(C)[C@@H]6CC[C@@]5(C)[C@]3(C)CC4)OC[C@H]2O)[C@H](O)[C@H](O)[C@H]1O[C@@H]1OC[C@@H](O)[C@H](O)[C@H]1O. The Morgan fingerprint density at radius 3 is 1.91 bits per heavy atom. The van der Waals surface area contributed by atoms with Crippen LogP contribution in [-0.4, -0.2) is 251 Å². The summed E-state index contributed by atoms with van der Waals surface area (Å²) in [5.74, 6) is -0.829. The van der Waals surface area contributed by atoms with Crippen LogP contribution in [0.3, 0.4) is 0 Å². The van der Waals surface area contributed by atoms with E-state index in [0.717, 1.165) is 12.8 Å². The molecular formula is C57H92O25. The molecular weight excluding hydrogens is 1080 g/mol. The zero-order valence-electron chi connectivity index (χ0n) is 48.2. The van der Waals surface area contributed by atoms with Crippen molar-refractivity contribution in [1.29, 1.82) is 0 Å². The van der Waals surface area contributed by atoms with Gasteiger partial charge in [-0.15, -0.1) is 0 Å². The normalized spacial score (nSPS) is 54.6. The van der Waals surface area contributed by atoms with E-state index in [0.29, 0.717) is 44.9 Å². The number of hydrogen-bond acceptors (Lipinski definition) is 25. The summed E-state index contributed by atoms with van der Waals surface area (Å²) >= 11 is 0. The number of ether oxygens (including phenoxy) is 10. The van der Waals surface area contributed by atoms with Crippen molar-refractivity contribution in [1.82, 2.24) is 0 Å². The summed E-state index contributed by atoms with van der Waals surface area (Å²) in [6.45, 7) is 13.9. The molecule has 0 radical (unpaired) electrons. The van der Waals surface area contributed by atoms with E-state index in [2.05, 4.69) is 54.5 Å². The van der Waals surface area contributed by atoms with Crippen molar-refractivity contribution in [2.45, 2.75) is 254 Å². The fraction of sp³-hybridized carbons (Fsp3) is 0.947. The molecule has 0 unspecified atom stereocenters. The number of aliphatic hydroxyl groups excluding tert-OH is 13. The first-order valence-electron chi connectivity index (χ1n) is 29.4. The maximum atomic E-state index is 15.6. The standard InChI is InChI=1S/C57H92O25/c1-24-40(78-45-37(67)33(63)28(61)20-73-45)36(66)39(69)46(76-24)79-41-29(62)21-74-48(42(41)80-49-43(70)57(72,22-59)23-75-49)82-50(71)56-15-13-51(2,3)17-26(56)25-9-10-32-53(6)18-27(60)44(81-47-38(68)35(65)34(64)30(19-58)77-47)52(4,5)31(53)11-12-55(32,8)54(25,7)14-16-56/h9,24,26-49,58-70,72H,10-23H2,1-8H3/t24-,26-,27-,28+,29+,30+,31-,32+,33-,34+,35-,36-,37+,38+,39+,40-,41+,42-,43-,44-,45-,46-,47-,48-,49-,53-,54+,55+,56-,57+/m0/s1. The average molecular weight is 1180 g/mol. The summed E-state index contributed by atoms with van der Waals surface area (Å²) in [6.07, 6.45) is -26.0.